The Kier molecular flexibility index (Phi) is 5.52. The number of aryl methyl sites for hydroxylation is 1. The van der Waals surface area contributed by atoms with E-state index < -0.39 is 17.2 Å². The van der Waals surface area contributed by atoms with Crippen LogP contribution in [0.15, 0.2) is 42.5 Å². The quantitative estimate of drug-likeness (QED) is 0.757. The van der Waals surface area contributed by atoms with Crippen molar-refractivity contribution in [3.8, 4) is 0 Å². The molecule has 2 aromatic carbocycles. The summed E-state index contributed by atoms with van der Waals surface area (Å²) in [4.78, 5) is 25.0. The molecule has 2 N–H and O–H groups in total. The second-order valence-electron chi connectivity index (χ2n) is 6.00. The minimum absolute atomic E-state index is 0.294. The molecule has 2 amide bonds. The molecule has 126 valence electrons. The molecule has 2 aromatic rings. The molecule has 6 heteroatoms. The molecule has 0 atom stereocenters. The van der Waals surface area contributed by atoms with Crippen LogP contribution in [0.5, 0.6) is 0 Å². The van der Waals surface area contributed by atoms with Gasteiger partial charge in [-0.25, -0.2) is 0 Å². The van der Waals surface area contributed by atoms with Crippen molar-refractivity contribution in [2.75, 3.05) is 10.6 Å². The smallest absolute Gasteiger partial charge is 0.239 e. The fraction of sp³-hybridized carbons (Fsp3) is 0.222. The van der Waals surface area contributed by atoms with Gasteiger partial charge in [-0.1, -0.05) is 47.0 Å². The van der Waals surface area contributed by atoms with E-state index in [9.17, 15) is 9.59 Å². The van der Waals surface area contributed by atoms with Crippen LogP contribution in [0.25, 0.3) is 0 Å². The summed E-state index contributed by atoms with van der Waals surface area (Å²) in [7, 11) is 0. The predicted molar refractivity (Wildman–Crippen MR) is 98.7 cm³/mol. The third kappa shape index (κ3) is 4.08. The number of halogens is 2. The van der Waals surface area contributed by atoms with Gasteiger partial charge < -0.3 is 10.6 Å². The summed E-state index contributed by atoms with van der Waals surface area (Å²) in [5.74, 6) is -0.922. The summed E-state index contributed by atoms with van der Waals surface area (Å²) in [5, 5.41) is 5.99. The average Bonchev–Trinajstić information content (AvgIpc) is 2.53. The van der Waals surface area contributed by atoms with Gasteiger partial charge in [0.05, 0.1) is 15.7 Å². The van der Waals surface area contributed by atoms with E-state index in [-0.39, 0.29) is 0 Å². The van der Waals surface area contributed by atoms with E-state index in [2.05, 4.69) is 10.6 Å². The number of nitrogens with one attached hydrogen (secondary N) is 2. The van der Waals surface area contributed by atoms with Crippen molar-refractivity contribution in [2.24, 2.45) is 5.41 Å². The second kappa shape index (κ2) is 7.24. The Labute approximate surface area is 151 Å². The summed E-state index contributed by atoms with van der Waals surface area (Å²) in [5.41, 5.74) is 0.690. The Morgan fingerprint density at radius 3 is 1.92 bits per heavy atom. The van der Waals surface area contributed by atoms with E-state index in [1.54, 1.807) is 30.3 Å². The highest BCUT2D eigenvalue weighted by Gasteiger charge is 2.36. The van der Waals surface area contributed by atoms with Crippen LogP contribution in [0.1, 0.15) is 19.4 Å². The van der Waals surface area contributed by atoms with Gasteiger partial charge in [-0.2, -0.15) is 0 Å². The molecule has 0 aliphatic carbocycles. The van der Waals surface area contributed by atoms with Gasteiger partial charge in [0.15, 0.2) is 0 Å². The zero-order valence-corrected chi connectivity index (χ0v) is 15.1. The second-order valence-corrected chi connectivity index (χ2v) is 6.81. The standard InChI is InChI=1S/C18H18Cl2N2O2/c1-11-7-9-12(10-8-11)21-16(23)18(2,3)17(24)22-15-13(19)5-4-6-14(15)20/h4-10H,1-3H3,(H,21,23)(H,22,24). The van der Waals surface area contributed by atoms with Crippen molar-refractivity contribution < 1.29 is 9.59 Å². The molecule has 2 rings (SSSR count). The zero-order valence-electron chi connectivity index (χ0n) is 13.6. The number of carbonyl (C=O) groups is 2. The van der Waals surface area contributed by atoms with Crippen LogP contribution in [-0.2, 0) is 9.59 Å². The fourth-order valence-corrected chi connectivity index (χ4v) is 2.41. The van der Waals surface area contributed by atoms with Gasteiger partial charge in [0.1, 0.15) is 5.41 Å². The van der Waals surface area contributed by atoms with Crippen molar-refractivity contribution >= 4 is 46.4 Å². The summed E-state index contributed by atoms with van der Waals surface area (Å²) < 4.78 is 0. The van der Waals surface area contributed by atoms with Gasteiger partial charge in [-0.15, -0.1) is 0 Å². The maximum absolute atomic E-state index is 12.5. The third-order valence-electron chi connectivity index (χ3n) is 3.65. The molecule has 0 saturated heterocycles. The lowest BCUT2D eigenvalue weighted by molar-refractivity contribution is -0.135. The Morgan fingerprint density at radius 1 is 0.875 bits per heavy atom. The first kappa shape index (κ1) is 18.3. The number of anilines is 2. The number of rotatable bonds is 4. The zero-order chi connectivity index (χ0) is 17.9. The van der Waals surface area contributed by atoms with E-state index >= 15 is 0 Å². The third-order valence-corrected chi connectivity index (χ3v) is 4.28. The van der Waals surface area contributed by atoms with E-state index in [1.807, 2.05) is 19.1 Å². The van der Waals surface area contributed by atoms with Crippen LogP contribution >= 0.6 is 23.2 Å². The molecular weight excluding hydrogens is 347 g/mol. The van der Waals surface area contributed by atoms with Crippen LogP contribution in [0, 0.1) is 12.3 Å². The molecule has 0 unspecified atom stereocenters. The van der Waals surface area contributed by atoms with Gasteiger partial charge in [-0.3, -0.25) is 9.59 Å². The Hall–Kier alpha value is -2.04. The van der Waals surface area contributed by atoms with E-state index in [0.717, 1.165) is 5.56 Å². The van der Waals surface area contributed by atoms with Crippen LogP contribution in [0.4, 0.5) is 11.4 Å². The monoisotopic (exact) mass is 364 g/mol. The summed E-state index contributed by atoms with van der Waals surface area (Å²) in [6.45, 7) is 5.03. The highest BCUT2D eigenvalue weighted by atomic mass is 35.5. The van der Waals surface area contributed by atoms with Crippen LogP contribution in [-0.4, -0.2) is 11.8 Å². The van der Waals surface area contributed by atoms with Crippen LogP contribution in [0.2, 0.25) is 10.0 Å². The van der Waals surface area contributed by atoms with E-state index in [4.69, 9.17) is 23.2 Å². The maximum atomic E-state index is 12.5. The van der Waals surface area contributed by atoms with Crippen molar-refractivity contribution in [3.63, 3.8) is 0 Å². The van der Waals surface area contributed by atoms with Gasteiger partial charge in [0.2, 0.25) is 11.8 Å². The van der Waals surface area contributed by atoms with Gasteiger partial charge >= 0.3 is 0 Å². The lowest BCUT2D eigenvalue weighted by Gasteiger charge is -2.23. The number of hydrogen-bond donors (Lipinski definition) is 2. The van der Waals surface area contributed by atoms with Gasteiger partial charge in [0, 0.05) is 5.69 Å². The summed E-state index contributed by atoms with van der Waals surface area (Å²) >= 11 is 12.1. The number of carbonyl (C=O) groups excluding carboxylic acids is 2. The van der Waals surface area contributed by atoms with Crippen molar-refractivity contribution in [2.45, 2.75) is 20.8 Å². The molecule has 0 spiro atoms. The Morgan fingerprint density at radius 2 is 1.38 bits per heavy atom. The number of benzene rings is 2. The molecule has 4 nitrogen and oxygen atoms in total. The van der Waals surface area contributed by atoms with Crippen molar-refractivity contribution in [1.82, 2.24) is 0 Å². The highest BCUT2D eigenvalue weighted by Crippen LogP contribution is 2.31. The molecule has 0 aliphatic rings. The minimum atomic E-state index is -1.31. The first-order chi connectivity index (χ1) is 11.2. The van der Waals surface area contributed by atoms with Crippen molar-refractivity contribution in [3.05, 3.63) is 58.1 Å². The average molecular weight is 365 g/mol. The number of hydrogen-bond acceptors (Lipinski definition) is 2. The molecule has 0 saturated carbocycles. The van der Waals surface area contributed by atoms with E-state index in [1.165, 1.54) is 13.8 Å². The lowest BCUT2D eigenvalue weighted by atomic mass is 9.90. The molecule has 0 bridgehead atoms. The molecule has 0 aromatic heterocycles. The Balaban J connectivity index is 2.14. The highest BCUT2D eigenvalue weighted by molar-refractivity contribution is 6.40. The van der Waals surface area contributed by atoms with Crippen LogP contribution in [0.3, 0.4) is 0 Å². The molecular formula is C18H18Cl2N2O2. The normalized spacial score (nSPS) is 11.0. The number of amides is 2. The maximum Gasteiger partial charge on any atom is 0.239 e. The molecule has 24 heavy (non-hydrogen) atoms. The largest absolute Gasteiger partial charge is 0.325 e. The molecule has 0 aliphatic heterocycles. The van der Waals surface area contributed by atoms with Gasteiger partial charge in [-0.05, 0) is 45.0 Å². The first-order valence-electron chi connectivity index (χ1n) is 7.35. The molecule has 0 radical (unpaired) electrons. The lowest BCUT2D eigenvalue weighted by Crippen LogP contribution is -2.41. The Bertz CT molecular complexity index is 751. The SMILES string of the molecule is Cc1ccc(NC(=O)C(C)(C)C(=O)Nc2c(Cl)cccc2Cl)cc1. The molecule has 0 heterocycles. The van der Waals surface area contributed by atoms with Crippen LogP contribution < -0.4 is 10.6 Å². The number of para-hydroxylation sites is 1. The van der Waals surface area contributed by atoms with E-state index in [0.29, 0.717) is 21.4 Å². The molecule has 0 fully saturated rings. The minimum Gasteiger partial charge on any atom is -0.325 e. The topological polar surface area (TPSA) is 58.2 Å². The van der Waals surface area contributed by atoms with Crippen molar-refractivity contribution in [1.29, 1.82) is 0 Å². The predicted octanol–water partition coefficient (Wildman–Crippen LogP) is 4.91. The summed E-state index contributed by atoms with van der Waals surface area (Å²) in [6, 6.07) is 12.2. The van der Waals surface area contributed by atoms with Gasteiger partial charge in [0.25, 0.3) is 0 Å². The summed E-state index contributed by atoms with van der Waals surface area (Å²) in [6.07, 6.45) is 0. The first-order valence-corrected chi connectivity index (χ1v) is 8.11. The fourth-order valence-electron chi connectivity index (χ4n) is 1.91.